The molecule has 4 heteroatoms. The van der Waals surface area contributed by atoms with Crippen LogP contribution in [0.25, 0.3) is 0 Å². The lowest BCUT2D eigenvalue weighted by Gasteiger charge is -2.35. The Morgan fingerprint density at radius 2 is 2.31 bits per heavy atom. The number of rotatable bonds is 3. The number of hydrogen-bond acceptors (Lipinski definition) is 3. The van der Waals surface area contributed by atoms with Crippen LogP contribution in [-0.4, -0.2) is 48.7 Å². The zero-order chi connectivity index (χ0) is 9.84. The fraction of sp³-hybridized carbons (Fsp3) is 0.889. The van der Waals surface area contributed by atoms with Gasteiger partial charge in [0.2, 0.25) is 0 Å². The second kappa shape index (κ2) is 4.58. The Labute approximate surface area is 78.9 Å². The van der Waals surface area contributed by atoms with E-state index < -0.39 is 5.97 Å². The number of nitrogens with zero attached hydrogens (tertiary/aromatic N) is 1. The summed E-state index contributed by atoms with van der Waals surface area (Å²) in [5.41, 5.74) is 0. The van der Waals surface area contributed by atoms with Crippen LogP contribution >= 0.6 is 0 Å². The average Bonchev–Trinajstić information content (AvgIpc) is 2.01. The molecule has 4 nitrogen and oxygen atoms in total. The molecule has 1 aliphatic heterocycles. The van der Waals surface area contributed by atoms with Gasteiger partial charge in [0.05, 0.1) is 6.54 Å². The predicted octanol–water partition coefficient (Wildman–Crippen LogP) is 0.000800. The predicted molar refractivity (Wildman–Crippen MR) is 50.7 cm³/mol. The van der Waals surface area contributed by atoms with Gasteiger partial charge in [0, 0.05) is 19.1 Å². The molecule has 1 heterocycles. The highest BCUT2D eigenvalue weighted by Crippen LogP contribution is 2.15. The Kier molecular flexibility index (Phi) is 3.69. The van der Waals surface area contributed by atoms with Gasteiger partial charge in [0.1, 0.15) is 0 Å². The largest absolute Gasteiger partial charge is 0.480 e. The first kappa shape index (κ1) is 10.5. The summed E-state index contributed by atoms with van der Waals surface area (Å²) >= 11 is 0. The maximum Gasteiger partial charge on any atom is 0.317 e. The molecule has 0 spiro atoms. The summed E-state index contributed by atoms with van der Waals surface area (Å²) in [5.74, 6) is -0.144. The first-order valence-electron chi connectivity index (χ1n) is 4.73. The highest BCUT2D eigenvalue weighted by atomic mass is 16.4. The molecule has 2 N–H and O–H groups in total. The molecule has 13 heavy (non-hydrogen) atoms. The van der Waals surface area contributed by atoms with E-state index in [9.17, 15) is 4.79 Å². The third-order valence-electron chi connectivity index (χ3n) is 2.50. The number of nitrogens with one attached hydrogen (secondary N) is 1. The van der Waals surface area contributed by atoms with Crippen LogP contribution < -0.4 is 5.32 Å². The molecule has 0 amide bonds. The Hall–Kier alpha value is -0.610. The lowest BCUT2D eigenvalue weighted by Crippen LogP contribution is -2.49. The van der Waals surface area contributed by atoms with E-state index in [2.05, 4.69) is 12.2 Å². The van der Waals surface area contributed by atoms with Crippen molar-refractivity contribution in [2.75, 3.05) is 26.7 Å². The van der Waals surface area contributed by atoms with Crippen LogP contribution in [-0.2, 0) is 4.79 Å². The molecule has 0 radical (unpaired) electrons. The molecule has 0 saturated carbocycles. The molecular weight excluding hydrogens is 168 g/mol. The maximum absolute atomic E-state index is 10.5. The Bertz CT molecular complexity index is 184. The summed E-state index contributed by atoms with van der Waals surface area (Å²) in [5, 5.41) is 11.9. The summed E-state index contributed by atoms with van der Waals surface area (Å²) < 4.78 is 0. The van der Waals surface area contributed by atoms with Crippen molar-refractivity contribution in [3.8, 4) is 0 Å². The number of likely N-dealkylation sites (N-methyl/N-ethyl adjacent to an activating group) is 1. The quantitative estimate of drug-likeness (QED) is 0.651. The van der Waals surface area contributed by atoms with Gasteiger partial charge in [-0.15, -0.1) is 0 Å². The van der Waals surface area contributed by atoms with E-state index in [1.54, 1.807) is 0 Å². The van der Waals surface area contributed by atoms with Crippen LogP contribution in [0.3, 0.4) is 0 Å². The zero-order valence-electron chi connectivity index (χ0n) is 8.29. The lowest BCUT2D eigenvalue weighted by molar-refractivity contribution is -0.138. The van der Waals surface area contributed by atoms with Crippen LogP contribution in [0, 0.1) is 5.92 Å². The molecule has 76 valence electrons. The minimum Gasteiger partial charge on any atom is -0.480 e. The first-order chi connectivity index (χ1) is 6.11. The van der Waals surface area contributed by atoms with Crippen molar-refractivity contribution in [1.29, 1.82) is 0 Å². The second-order valence-corrected chi connectivity index (χ2v) is 3.91. The van der Waals surface area contributed by atoms with Crippen molar-refractivity contribution in [3.05, 3.63) is 0 Å². The number of hydrogen-bond donors (Lipinski definition) is 2. The molecule has 2 atom stereocenters. The van der Waals surface area contributed by atoms with E-state index in [1.165, 1.54) is 0 Å². The van der Waals surface area contributed by atoms with E-state index in [0.717, 1.165) is 19.5 Å². The van der Waals surface area contributed by atoms with Crippen LogP contribution in [0.1, 0.15) is 13.3 Å². The fourth-order valence-corrected chi connectivity index (χ4v) is 1.99. The number of carboxylic acids is 1. The van der Waals surface area contributed by atoms with E-state index in [4.69, 9.17) is 5.11 Å². The Morgan fingerprint density at radius 1 is 1.62 bits per heavy atom. The first-order valence-corrected chi connectivity index (χ1v) is 4.73. The molecule has 2 unspecified atom stereocenters. The molecular formula is C9H18N2O2. The summed E-state index contributed by atoms with van der Waals surface area (Å²) in [6.07, 6.45) is 1.15. The van der Waals surface area contributed by atoms with Crippen LogP contribution in [0.2, 0.25) is 0 Å². The van der Waals surface area contributed by atoms with E-state index in [1.807, 2.05) is 11.9 Å². The van der Waals surface area contributed by atoms with Gasteiger partial charge in [0.25, 0.3) is 0 Å². The summed E-state index contributed by atoms with van der Waals surface area (Å²) in [6, 6.07) is 0.447. The third-order valence-corrected chi connectivity index (χ3v) is 2.50. The zero-order valence-corrected chi connectivity index (χ0v) is 8.29. The standard InChI is InChI=1S/C9H18N2O2/c1-7-3-8(10-2)5-11(4-7)6-9(12)13/h7-8,10H,3-6H2,1-2H3,(H,12,13). The molecule has 0 aromatic carbocycles. The Balaban J connectivity index is 2.42. The number of likely N-dealkylation sites (tertiary alicyclic amines) is 1. The van der Waals surface area contributed by atoms with Gasteiger partial charge in [-0.3, -0.25) is 9.69 Å². The molecule has 0 aromatic heterocycles. The monoisotopic (exact) mass is 186 g/mol. The van der Waals surface area contributed by atoms with Gasteiger partial charge in [0.15, 0.2) is 0 Å². The van der Waals surface area contributed by atoms with Crippen molar-refractivity contribution in [2.45, 2.75) is 19.4 Å². The highest BCUT2D eigenvalue weighted by molar-refractivity contribution is 5.69. The van der Waals surface area contributed by atoms with Crippen LogP contribution in [0.15, 0.2) is 0 Å². The summed E-state index contributed by atoms with van der Waals surface area (Å²) in [6.45, 7) is 4.10. The SMILES string of the molecule is CNC1CC(C)CN(CC(=O)O)C1. The summed E-state index contributed by atoms with van der Waals surface area (Å²) in [7, 11) is 1.93. The number of piperidine rings is 1. The van der Waals surface area contributed by atoms with Gasteiger partial charge in [-0.1, -0.05) is 6.92 Å². The van der Waals surface area contributed by atoms with Gasteiger partial charge in [-0.05, 0) is 19.4 Å². The molecule has 1 aliphatic rings. The smallest absolute Gasteiger partial charge is 0.317 e. The minimum atomic E-state index is -0.732. The van der Waals surface area contributed by atoms with Crippen molar-refractivity contribution in [2.24, 2.45) is 5.92 Å². The molecule has 1 saturated heterocycles. The van der Waals surface area contributed by atoms with Crippen LogP contribution in [0.4, 0.5) is 0 Å². The highest BCUT2D eigenvalue weighted by Gasteiger charge is 2.24. The topological polar surface area (TPSA) is 52.6 Å². The number of aliphatic carboxylic acids is 1. The maximum atomic E-state index is 10.5. The average molecular weight is 186 g/mol. The minimum absolute atomic E-state index is 0.169. The van der Waals surface area contributed by atoms with E-state index in [-0.39, 0.29) is 6.54 Å². The molecule has 0 aliphatic carbocycles. The number of carbonyl (C=O) groups is 1. The normalized spacial score (nSPS) is 30.3. The van der Waals surface area contributed by atoms with Crippen LogP contribution in [0.5, 0.6) is 0 Å². The second-order valence-electron chi connectivity index (χ2n) is 3.91. The molecule has 0 bridgehead atoms. The number of carboxylic acid groups (broad SMARTS) is 1. The summed E-state index contributed by atoms with van der Waals surface area (Å²) in [4.78, 5) is 12.5. The van der Waals surface area contributed by atoms with Crippen molar-refractivity contribution in [1.82, 2.24) is 10.2 Å². The third kappa shape index (κ3) is 3.32. The molecule has 1 fully saturated rings. The van der Waals surface area contributed by atoms with Crippen molar-refractivity contribution < 1.29 is 9.90 Å². The van der Waals surface area contributed by atoms with E-state index >= 15 is 0 Å². The lowest BCUT2D eigenvalue weighted by atomic mass is 9.96. The van der Waals surface area contributed by atoms with Gasteiger partial charge in [-0.2, -0.15) is 0 Å². The Morgan fingerprint density at radius 3 is 2.85 bits per heavy atom. The van der Waals surface area contributed by atoms with Gasteiger partial charge >= 0.3 is 5.97 Å². The molecule has 1 rings (SSSR count). The molecule has 0 aromatic rings. The van der Waals surface area contributed by atoms with E-state index in [0.29, 0.717) is 12.0 Å². The van der Waals surface area contributed by atoms with Crippen molar-refractivity contribution >= 4 is 5.97 Å². The fourth-order valence-electron chi connectivity index (χ4n) is 1.99. The van der Waals surface area contributed by atoms with Gasteiger partial charge in [-0.25, -0.2) is 0 Å². The van der Waals surface area contributed by atoms with Crippen molar-refractivity contribution in [3.63, 3.8) is 0 Å². The van der Waals surface area contributed by atoms with Gasteiger partial charge < -0.3 is 10.4 Å².